The van der Waals surface area contributed by atoms with Crippen LogP contribution in [0, 0.1) is 19.9 Å². The highest BCUT2D eigenvalue weighted by atomic mass is 19.1. The van der Waals surface area contributed by atoms with Gasteiger partial charge in [0.05, 0.1) is 0 Å². The molecule has 0 N–H and O–H groups in total. The van der Waals surface area contributed by atoms with Crippen molar-refractivity contribution in [3.05, 3.63) is 29.3 Å². The van der Waals surface area contributed by atoms with Crippen LogP contribution in [-0.4, -0.2) is 6.86 Å². The van der Waals surface area contributed by atoms with Gasteiger partial charge in [-0.05, 0) is 31.0 Å². The molecule has 0 unspecified atom stereocenters. The zero-order valence-corrected chi connectivity index (χ0v) is 6.65. The average Bonchev–Trinajstić information content (AvgIpc) is 1.85. The van der Waals surface area contributed by atoms with Crippen molar-refractivity contribution in [2.45, 2.75) is 13.8 Å². The van der Waals surface area contributed by atoms with Crippen molar-refractivity contribution < 1.29 is 9.13 Å². The smallest absolute Gasteiger partial charge is 0.228 e. The molecule has 1 rings (SSSR count). The number of ether oxygens (including phenoxy) is 1. The van der Waals surface area contributed by atoms with Crippen molar-refractivity contribution in [3.8, 4) is 5.75 Å². The molecule has 59 valence electrons. The third-order valence-corrected chi connectivity index (χ3v) is 1.33. The molecule has 0 aliphatic rings. The summed E-state index contributed by atoms with van der Waals surface area (Å²) in [6.07, 6.45) is 0. The minimum absolute atomic E-state index is 0.477. The molecule has 0 saturated carbocycles. The van der Waals surface area contributed by atoms with Gasteiger partial charge in [0.1, 0.15) is 5.75 Å². The van der Waals surface area contributed by atoms with Crippen LogP contribution < -0.4 is 4.74 Å². The highest BCUT2D eigenvalue weighted by Crippen LogP contribution is 2.14. The lowest BCUT2D eigenvalue weighted by atomic mass is 10.1. The van der Waals surface area contributed by atoms with E-state index in [-0.39, 0.29) is 0 Å². The van der Waals surface area contributed by atoms with E-state index in [9.17, 15) is 4.39 Å². The Balaban J connectivity index is 2.89. The quantitative estimate of drug-likeness (QED) is 0.634. The van der Waals surface area contributed by atoms with E-state index in [0.29, 0.717) is 5.75 Å². The van der Waals surface area contributed by atoms with Gasteiger partial charge in [-0.2, -0.15) is 0 Å². The van der Waals surface area contributed by atoms with E-state index < -0.39 is 6.86 Å². The number of aryl methyl sites for hydroxylation is 2. The summed E-state index contributed by atoms with van der Waals surface area (Å²) in [6, 6.07) is 6.61. The maximum absolute atomic E-state index is 11.7. The first kappa shape index (κ1) is 8.05. The van der Waals surface area contributed by atoms with Crippen molar-refractivity contribution in [1.82, 2.24) is 0 Å². The lowest BCUT2D eigenvalue weighted by Gasteiger charge is -2.02. The molecule has 0 spiro atoms. The molecule has 1 nitrogen and oxygen atoms in total. The van der Waals surface area contributed by atoms with Crippen LogP contribution >= 0.6 is 0 Å². The molecule has 0 aromatic heterocycles. The monoisotopic (exact) mass is 153 g/mol. The van der Waals surface area contributed by atoms with Crippen LogP contribution in [0.4, 0.5) is 4.39 Å². The second-order valence-electron chi connectivity index (χ2n) is 2.46. The van der Waals surface area contributed by atoms with Gasteiger partial charge in [-0.15, -0.1) is 0 Å². The maximum atomic E-state index is 11.7. The average molecular weight is 153 g/mol. The Morgan fingerprint density at radius 1 is 1.45 bits per heavy atom. The fourth-order valence-electron chi connectivity index (χ4n) is 0.993. The van der Waals surface area contributed by atoms with Crippen molar-refractivity contribution in [1.29, 1.82) is 0 Å². The fourth-order valence-corrected chi connectivity index (χ4v) is 0.993. The topological polar surface area (TPSA) is 9.23 Å². The molecule has 0 aliphatic heterocycles. The van der Waals surface area contributed by atoms with E-state index >= 15 is 0 Å². The van der Waals surface area contributed by atoms with Crippen LogP contribution in [0.15, 0.2) is 12.1 Å². The van der Waals surface area contributed by atoms with Crippen molar-refractivity contribution in [2.24, 2.45) is 0 Å². The van der Waals surface area contributed by atoms with E-state index in [1.165, 1.54) is 0 Å². The molecule has 0 atom stereocenters. The third-order valence-electron chi connectivity index (χ3n) is 1.33. The summed E-state index contributed by atoms with van der Waals surface area (Å²) in [6.45, 7) is 3.05. The molecule has 0 amide bonds. The minimum atomic E-state index is -0.792. The van der Waals surface area contributed by atoms with Gasteiger partial charge in [0, 0.05) is 6.07 Å². The number of halogens is 1. The van der Waals surface area contributed by atoms with Crippen LogP contribution in [0.25, 0.3) is 0 Å². The highest BCUT2D eigenvalue weighted by Gasteiger charge is 1.95. The molecule has 0 fully saturated rings. The van der Waals surface area contributed by atoms with Gasteiger partial charge in [-0.3, -0.25) is 0 Å². The third kappa shape index (κ3) is 2.22. The first-order valence-corrected chi connectivity index (χ1v) is 3.41. The van der Waals surface area contributed by atoms with Gasteiger partial charge < -0.3 is 4.74 Å². The number of benzene rings is 1. The van der Waals surface area contributed by atoms with Crippen molar-refractivity contribution in [2.75, 3.05) is 6.86 Å². The lowest BCUT2D eigenvalue weighted by Crippen LogP contribution is -1.91. The van der Waals surface area contributed by atoms with Crippen LogP contribution in [0.3, 0.4) is 0 Å². The van der Waals surface area contributed by atoms with Crippen LogP contribution in [-0.2, 0) is 0 Å². The van der Waals surface area contributed by atoms with Gasteiger partial charge >= 0.3 is 0 Å². The van der Waals surface area contributed by atoms with E-state index in [1.54, 1.807) is 6.07 Å². The minimum Gasteiger partial charge on any atom is -0.462 e. The molecule has 0 bridgehead atoms. The zero-order valence-electron chi connectivity index (χ0n) is 6.65. The first-order chi connectivity index (χ1) is 5.22. The number of rotatable bonds is 2. The SMILES string of the molecule is Cc1[c]c(OCF)cc(C)c1. The number of alkyl halides is 1. The molecular formula is C9H10FO. The van der Waals surface area contributed by atoms with Gasteiger partial charge in [0.2, 0.25) is 6.86 Å². The second-order valence-corrected chi connectivity index (χ2v) is 2.46. The van der Waals surface area contributed by atoms with E-state index in [4.69, 9.17) is 0 Å². The predicted molar refractivity (Wildman–Crippen MR) is 41.4 cm³/mol. The molecule has 11 heavy (non-hydrogen) atoms. The summed E-state index contributed by atoms with van der Waals surface area (Å²) in [4.78, 5) is 0. The molecule has 1 radical (unpaired) electrons. The molecule has 0 saturated heterocycles. The van der Waals surface area contributed by atoms with E-state index in [2.05, 4.69) is 10.8 Å². The van der Waals surface area contributed by atoms with Crippen LogP contribution in [0.5, 0.6) is 5.75 Å². The van der Waals surface area contributed by atoms with Crippen molar-refractivity contribution >= 4 is 0 Å². The van der Waals surface area contributed by atoms with Crippen LogP contribution in [0.2, 0.25) is 0 Å². The summed E-state index contributed by atoms with van der Waals surface area (Å²) in [5.41, 5.74) is 2.03. The molecule has 0 aliphatic carbocycles. The highest BCUT2D eigenvalue weighted by molar-refractivity contribution is 5.31. The van der Waals surface area contributed by atoms with Crippen LogP contribution in [0.1, 0.15) is 11.1 Å². The predicted octanol–water partition coefficient (Wildman–Crippen LogP) is 2.41. The summed E-state index contributed by atoms with van der Waals surface area (Å²) >= 11 is 0. The van der Waals surface area contributed by atoms with Crippen molar-refractivity contribution in [3.63, 3.8) is 0 Å². The Morgan fingerprint density at radius 3 is 2.73 bits per heavy atom. The molecule has 0 heterocycles. The maximum Gasteiger partial charge on any atom is 0.228 e. The number of hydrogen-bond donors (Lipinski definition) is 0. The summed E-state index contributed by atoms with van der Waals surface area (Å²) in [7, 11) is 0. The zero-order chi connectivity index (χ0) is 8.27. The van der Waals surface area contributed by atoms with Gasteiger partial charge in [0.15, 0.2) is 0 Å². The Labute approximate surface area is 65.8 Å². The Morgan fingerprint density at radius 2 is 2.18 bits per heavy atom. The normalized spacial score (nSPS) is 9.73. The summed E-state index contributed by atoms with van der Waals surface area (Å²) in [5.74, 6) is 0.477. The van der Waals surface area contributed by atoms with E-state index in [0.717, 1.165) is 11.1 Å². The molecule has 1 aromatic rings. The summed E-state index contributed by atoms with van der Waals surface area (Å²) in [5, 5.41) is 0. The second kappa shape index (κ2) is 3.37. The van der Waals surface area contributed by atoms with E-state index in [1.807, 2.05) is 19.9 Å². The van der Waals surface area contributed by atoms with Gasteiger partial charge in [-0.25, -0.2) is 4.39 Å². The molecule has 1 aromatic carbocycles. The summed E-state index contributed by atoms with van der Waals surface area (Å²) < 4.78 is 16.3. The molecule has 2 heteroatoms. The van der Waals surface area contributed by atoms with Gasteiger partial charge in [0.25, 0.3) is 0 Å². The Kier molecular flexibility index (Phi) is 2.47. The fraction of sp³-hybridized carbons (Fsp3) is 0.333. The standard InChI is InChI=1S/C9H10FO/c1-7-3-8(2)5-9(4-7)11-6-10/h3-4H,6H2,1-2H3. The number of hydrogen-bond acceptors (Lipinski definition) is 1. The largest absolute Gasteiger partial charge is 0.462 e. The first-order valence-electron chi connectivity index (χ1n) is 3.41. The molecular weight excluding hydrogens is 143 g/mol. The Bertz CT molecular complexity index is 225. The Hall–Kier alpha value is -1.05. The lowest BCUT2D eigenvalue weighted by molar-refractivity contribution is 0.191. The van der Waals surface area contributed by atoms with Gasteiger partial charge in [-0.1, -0.05) is 6.07 Å².